The average Bonchev–Trinajstić information content (AvgIpc) is 2.82. The molecule has 0 unspecified atom stereocenters. The van der Waals surface area contributed by atoms with Crippen LogP contribution in [0.25, 0.3) is 0 Å². The molecule has 15 heavy (non-hydrogen) atoms. The first kappa shape index (κ1) is 10.1. The highest BCUT2D eigenvalue weighted by molar-refractivity contribution is 6.37. The van der Waals surface area contributed by atoms with Gasteiger partial charge in [-0.25, -0.2) is 0 Å². The first-order valence-corrected chi connectivity index (χ1v) is 5.47. The SMILES string of the molecule is O=C(C(=O)N1CCCCC1)C1C=CC=C1. The van der Waals surface area contributed by atoms with Crippen molar-refractivity contribution in [3.05, 3.63) is 24.3 Å². The van der Waals surface area contributed by atoms with E-state index in [1.807, 2.05) is 12.2 Å². The maximum absolute atomic E-state index is 11.8. The number of allylic oxidation sites excluding steroid dienone is 4. The molecule has 80 valence electrons. The van der Waals surface area contributed by atoms with Crippen molar-refractivity contribution in [3.63, 3.8) is 0 Å². The second-order valence-corrected chi connectivity index (χ2v) is 4.01. The number of Topliss-reactive ketones (excluding diaryl/α,β-unsaturated/α-hetero) is 1. The van der Waals surface area contributed by atoms with Gasteiger partial charge in [-0.3, -0.25) is 9.59 Å². The van der Waals surface area contributed by atoms with E-state index in [1.165, 1.54) is 6.42 Å². The van der Waals surface area contributed by atoms with E-state index in [0.717, 1.165) is 25.9 Å². The second-order valence-electron chi connectivity index (χ2n) is 4.01. The second kappa shape index (κ2) is 4.43. The summed E-state index contributed by atoms with van der Waals surface area (Å²) in [5, 5.41) is 0. The zero-order valence-electron chi connectivity index (χ0n) is 8.69. The zero-order valence-corrected chi connectivity index (χ0v) is 8.69. The van der Waals surface area contributed by atoms with E-state index in [-0.39, 0.29) is 17.6 Å². The van der Waals surface area contributed by atoms with Crippen molar-refractivity contribution in [2.24, 2.45) is 5.92 Å². The summed E-state index contributed by atoms with van der Waals surface area (Å²) in [7, 11) is 0. The Kier molecular flexibility index (Phi) is 2.99. The van der Waals surface area contributed by atoms with Crippen LogP contribution in [0.5, 0.6) is 0 Å². The molecule has 1 heterocycles. The molecule has 2 aliphatic rings. The van der Waals surface area contributed by atoms with Crippen LogP contribution in [-0.2, 0) is 9.59 Å². The molecule has 3 nitrogen and oxygen atoms in total. The minimum absolute atomic E-state index is 0.290. The van der Waals surface area contributed by atoms with Crippen molar-refractivity contribution in [2.45, 2.75) is 19.3 Å². The summed E-state index contributed by atoms with van der Waals surface area (Å²) >= 11 is 0. The summed E-state index contributed by atoms with van der Waals surface area (Å²) in [6.07, 6.45) is 10.4. The first-order chi connectivity index (χ1) is 7.29. The van der Waals surface area contributed by atoms with Gasteiger partial charge in [0, 0.05) is 13.1 Å². The lowest BCUT2D eigenvalue weighted by molar-refractivity contribution is -0.146. The number of carbonyl (C=O) groups is 2. The minimum Gasteiger partial charge on any atom is -0.336 e. The van der Waals surface area contributed by atoms with Crippen molar-refractivity contribution in [2.75, 3.05) is 13.1 Å². The van der Waals surface area contributed by atoms with Crippen LogP contribution in [0.4, 0.5) is 0 Å². The Labute approximate surface area is 89.4 Å². The maximum Gasteiger partial charge on any atom is 0.290 e. The number of ketones is 1. The lowest BCUT2D eigenvalue weighted by Crippen LogP contribution is -2.41. The van der Waals surface area contributed by atoms with E-state index in [9.17, 15) is 9.59 Å². The Morgan fingerprint density at radius 3 is 2.20 bits per heavy atom. The highest BCUT2D eigenvalue weighted by Crippen LogP contribution is 2.14. The van der Waals surface area contributed by atoms with Gasteiger partial charge in [0.2, 0.25) is 5.78 Å². The van der Waals surface area contributed by atoms with Crippen molar-refractivity contribution in [3.8, 4) is 0 Å². The third-order valence-electron chi connectivity index (χ3n) is 2.90. The Balaban J connectivity index is 1.97. The van der Waals surface area contributed by atoms with Gasteiger partial charge in [0.15, 0.2) is 0 Å². The van der Waals surface area contributed by atoms with Crippen LogP contribution in [0.3, 0.4) is 0 Å². The molecule has 0 radical (unpaired) electrons. The van der Waals surface area contributed by atoms with E-state index >= 15 is 0 Å². The van der Waals surface area contributed by atoms with Crippen LogP contribution in [0, 0.1) is 5.92 Å². The molecule has 0 bridgehead atoms. The molecule has 0 aromatic rings. The largest absolute Gasteiger partial charge is 0.336 e. The minimum atomic E-state index is -0.320. The van der Waals surface area contributed by atoms with Crippen LogP contribution in [-0.4, -0.2) is 29.7 Å². The van der Waals surface area contributed by atoms with Gasteiger partial charge in [-0.2, -0.15) is 0 Å². The topological polar surface area (TPSA) is 37.4 Å². The van der Waals surface area contributed by atoms with Gasteiger partial charge in [-0.1, -0.05) is 24.3 Å². The smallest absolute Gasteiger partial charge is 0.290 e. The normalized spacial score (nSPS) is 20.9. The number of piperidine rings is 1. The van der Waals surface area contributed by atoms with Crippen molar-refractivity contribution >= 4 is 11.7 Å². The fourth-order valence-electron chi connectivity index (χ4n) is 2.00. The molecule has 1 aliphatic heterocycles. The number of amides is 1. The molecule has 0 aromatic carbocycles. The monoisotopic (exact) mass is 205 g/mol. The van der Waals surface area contributed by atoms with Crippen molar-refractivity contribution in [1.82, 2.24) is 4.90 Å². The molecule has 0 saturated carbocycles. The van der Waals surface area contributed by atoms with Gasteiger partial charge >= 0.3 is 0 Å². The number of carbonyl (C=O) groups excluding carboxylic acids is 2. The predicted molar refractivity (Wildman–Crippen MR) is 57.2 cm³/mol. The maximum atomic E-state index is 11.8. The lowest BCUT2D eigenvalue weighted by Gasteiger charge is -2.26. The summed E-state index contributed by atoms with van der Waals surface area (Å²) in [4.78, 5) is 25.2. The molecule has 3 heteroatoms. The molecule has 1 fully saturated rings. The van der Waals surface area contributed by atoms with Crippen molar-refractivity contribution < 1.29 is 9.59 Å². The van der Waals surface area contributed by atoms with E-state index in [0.29, 0.717) is 0 Å². The number of likely N-dealkylation sites (tertiary alicyclic amines) is 1. The summed E-state index contributed by atoms with van der Waals surface area (Å²) in [6.45, 7) is 1.48. The molecule has 0 aromatic heterocycles. The molecular weight excluding hydrogens is 190 g/mol. The van der Waals surface area contributed by atoms with Crippen LogP contribution in [0.15, 0.2) is 24.3 Å². The van der Waals surface area contributed by atoms with E-state index < -0.39 is 0 Å². The van der Waals surface area contributed by atoms with Crippen molar-refractivity contribution in [1.29, 1.82) is 0 Å². The quantitative estimate of drug-likeness (QED) is 0.637. The summed E-state index contributed by atoms with van der Waals surface area (Å²) in [5.74, 6) is -0.919. The molecule has 0 spiro atoms. The predicted octanol–water partition coefficient (Wildman–Crippen LogP) is 1.31. The Morgan fingerprint density at radius 2 is 1.60 bits per heavy atom. The molecular formula is C12H15NO2. The van der Waals surface area contributed by atoms with Crippen LogP contribution < -0.4 is 0 Å². The third kappa shape index (κ3) is 2.17. The molecule has 0 atom stereocenters. The molecule has 1 saturated heterocycles. The van der Waals surface area contributed by atoms with Gasteiger partial charge in [0.25, 0.3) is 5.91 Å². The van der Waals surface area contributed by atoms with Gasteiger partial charge in [-0.15, -0.1) is 0 Å². The van der Waals surface area contributed by atoms with Gasteiger partial charge < -0.3 is 4.90 Å². The van der Waals surface area contributed by atoms with Gasteiger partial charge in [0.05, 0.1) is 5.92 Å². The first-order valence-electron chi connectivity index (χ1n) is 5.47. The fourth-order valence-corrected chi connectivity index (χ4v) is 2.00. The molecule has 1 amide bonds. The highest BCUT2D eigenvalue weighted by atomic mass is 16.2. The summed E-state index contributed by atoms with van der Waals surface area (Å²) < 4.78 is 0. The lowest BCUT2D eigenvalue weighted by atomic mass is 10.0. The van der Waals surface area contributed by atoms with E-state index in [4.69, 9.17) is 0 Å². The zero-order chi connectivity index (χ0) is 10.7. The number of hydrogen-bond acceptors (Lipinski definition) is 2. The summed E-state index contributed by atoms with van der Waals surface area (Å²) in [5.41, 5.74) is 0. The van der Waals surface area contributed by atoms with Gasteiger partial charge in [-0.05, 0) is 19.3 Å². The molecule has 1 aliphatic carbocycles. The van der Waals surface area contributed by atoms with Crippen LogP contribution in [0.1, 0.15) is 19.3 Å². The molecule has 2 rings (SSSR count). The Morgan fingerprint density at radius 1 is 1.00 bits per heavy atom. The third-order valence-corrected chi connectivity index (χ3v) is 2.90. The number of nitrogens with zero attached hydrogens (tertiary/aromatic N) is 1. The Bertz CT molecular complexity index is 313. The molecule has 0 N–H and O–H groups in total. The average molecular weight is 205 g/mol. The van der Waals surface area contributed by atoms with E-state index in [2.05, 4.69) is 0 Å². The van der Waals surface area contributed by atoms with Crippen LogP contribution >= 0.6 is 0 Å². The highest BCUT2D eigenvalue weighted by Gasteiger charge is 2.27. The number of rotatable bonds is 2. The van der Waals surface area contributed by atoms with Crippen LogP contribution in [0.2, 0.25) is 0 Å². The fraction of sp³-hybridized carbons (Fsp3) is 0.500. The number of hydrogen-bond donors (Lipinski definition) is 0. The summed E-state index contributed by atoms with van der Waals surface area (Å²) in [6, 6.07) is 0. The van der Waals surface area contributed by atoms with E-state index in [1.54, 1.807) is 17.1 Å². The Hall–Kier alpha value is -1.38. The van der Waals surface area contributed by atoms with Gasteiger partial charge in [0.1, 0.15) is 0 Å². The standard InChI is InChI=1S/C12H15NO2/c14-11(10-6-2-3-7-10)12(15)13-8-4-1-5-9-13/h2-3,6-7,10H,1,4-5,8-9H2.